The molecule has 1 heterocycles. The van der Waals surface area contributed by atoms with Gasteiger partial charge >= 0.3 is 0 Å². The molecule has 106 valence electrons. The van der Waals surface area contributed by atoms with Crippen molar-refractivity contribution < 1.29 is 4.79 Å². The number of aromatic nitrogens is 1. The van der Waals surface area contributed by atoms with Crippen LogP contribution in [0.4, 0.5) is 0 Å². The number of pyridine rings is 1. The lowest BCUT2D eigenvalue weighted by atomic mass is 10.1. The lowest BCUT2D eigenvalue weighted by Gasteiger charge is -2.17. The van der Waals surface area contributed by atoms with Gasteiger partial charge in [0.25, 0.3) is 5.91 Å². The van der Waals surface area contributed by atoms with E-state index in [0.717, 1.165) is 36.6 Å². The Morgan fingerprint density at radius 2 is 2.00 bits per heavy atom. The van der Waals surface area contributed by atoms with Gasteiger partial charge in [0.05, 0.1) is 0 Å². The molecule has 0 aliphatic carbocycles. The van der Waals surface area contributed by atoms with Crippen LogP contribution in [0.2, 0.25) is 0 Å². The van der Waals surface area contributed by atoms with Gasteiger partial charge in [-0.05, 0) is 24.3 Å². The molecule has 0 bridgehead atoms. The average molecular weight is 291 g/mol. The predicted octanol–water partition coefficient (Wildman–Crippen LogP) is 3.72. The molecular formula is C16H19ClN2O. The minimum absolute atomic E-state index is 0.0207. The smallest absolute Gasteiger partial charge is 0.272 e. The van der Waals surface area contributed by atoms with Crippen molar-refractivity contribution in [2.45, 2.75) is 19.3 Å². The molecule has 0 fully saturated rings. The van der Waals surface area contributed by atoms with Gasteiger partial charge in [0.2, 0.25) is 0 Å². The van der Waals surface area contributed by atoms with Gasteiger partial charge in [-0.1, -0.05) is 30.7 Å². The van der Waals surface area contributed by atoms with Crippen LogP contribution in [0.25, 0.3) is 10.8 Å². The minimum atomic E-state index is -0.0207. The van der Waals surface area contributed by atoms with Crippen molar-refractivity contribution in [3.63, 3.8) is 0 Å². The van der Waals surface area contributed by atoms with E-state index < -0.39 is 0 Å². The third kappa shape index (κ3) is 3.48. The number of rotatable bonds is 6. The molecule has 0 radical (unpaired) electrons. The van der Waals surface area contributed by atoms with Gasteiger partial charge < -0.3 is 4.90 Å². The molecule has 20 heavy (non-hydrogen) atoms. The molecule has 0 N–H and O–H groups in total. The molecule has 1 aromatic heterocycles. The van der Waals surface area contributed by atoms with E-state index in [0.29, 0.717) is 11.6 Å². The van der Waals surface area contributed by atoms with Gasteiger partial charge in [0, 0.05) is 31.1 Å². The van der Waals surface area contributed by atoms with Crippen LogP contribution in [0.15, 0.2) is 36.5 Å². The van der Waals surface area contributed by atoms with Gasteiger partial charge in [0.15, 0.2) is 0 Å². The summed E-state index contributed by atoms with van der Waals surface area (Å²) in [4.78, 5) is 18.5. The maximum Gasteiger partial charge on any atom is 0.272 e. The summed E-state index contributed by atoms with van der Waals surface area (Å²) in [7, 11) is 1.83. The van der Waals surface area contributed by atoms with E-state index in [9.17, 15) is 4.79 Å². The summed E-state index contributed by atoms with van der Waals surface area (Å²) in [6, 6.07) is 9.76. The Labute approximate surface area is 124 Å². The summed E-state index contributed by atoms with van der Waals surface area (Å²) in [5.41, 5.74) is 0.531. The van der Waals surface area contributed by atoms with E-state index >= 15 is 0 Å². The molecule has 3 nitrogen and oxygen atoms in total. The average Bonchev–Trinajstić information content (AvgIpc) is 2.50. The number of alkyl halides is 1. The summed E-state index contributed by atoms with van der Waals surface area (Å²) in [5, 5.41) is 1.95. The maximum atomic E-state index is 12.5. The molecule has 2 rings (SSSR count). The third-order valence-corrected chi connectivity index (χ3v) is 3.62. The van der Waals surface area contributed by atoms with Crippen molar-refractivity contribution in [1.82, 2.24) is 9.88 Å². The normalized spacial score (nSPS) is 10.7. The maximum absolute atomic E-state index is 12.5. The van der Waals surface area contributed by atoms with Crippen LogP contribution in [0.3, 0.4) is 0 Å². The zero-order chi connectivity index (χ0) is 14.4. The lowest BCUT2D eigenvalue weighted by Crippen LogP contribution is -2.28. The highest BCUT2D eigenvalue weighted by Gasteiger charge is 2.15. The molecule has 0 aliphatic heterocycles. The fourth-order valence-corrected chi connectivity index (χ4v) is 2.38. The van der Waals surface area contributed by atoms with Crippen LogP contribution >= 0.6 is 11.6 Å². The highest BCUT2D eigenvalue weighted by molar-refractivity contribution is 6.17. The zero-order valence-corrected chi connectivity index (χ0v) is 12.4. The van der Waals surface area contributed by atoms with Crippen molar-refractivity contribution in [1.29, 1.82) is 0 Å². The molecule has 0 aliphatic rings. The quantitative estimate of drug-likeness (QED) is 0.600. The number of halogens is 1. The van der Waals surface area contributed by atoms with Gasteiger partial charge in [-0.25, -0.2) is 0 Å². The summed E-state index contributed by atoms with van der Waals surface area (Å²) < 4.78 is 0. The Kier molecular flexibility index (Phi) is 5.36. The minimum Gasteiger partial charge on any atom is -0.340 e. The first-order chi connectivity index (χ1) is 9.74. The largest absolute Gasteiger partial charge is 0.340 e. The third-order valence-electron chi connectivity index (χ3n) is 3.35. The second-order valence-corrected chi connectivity index (χ2v) is 5.24. The molecular weight excluding hydrogens is 272 g/mol. The van der Waals surface area contributed by atoms with Gasteiger partial charge in [-0.2, -0.15) is 0 Å². The molecule has 4 heteroatoms. The summed E-state index contributed by atoms with van der Waals surface area (Å²) in [5.74, 6) is 0.662. The molecule has 0 saturated carbocycles. The Bertz CT molecular complexity index is 580. The van der Waals surface area contributed by atoms with E-state index in [-0.39, 0.29) is 5.91 Å². The Balaban J connectivity index is 2.10. The van der Waals surface area contributed by atoms with Crippen LogP contribution in [-0.4, -0.2) is 35.3 Å². The lowest BCUT2D eigenvalue weighted by molar-refractivity contribution is 0.0789. The summed E-state index contributed by atoms with van der Waals surface area (Å²) >= 11 is 5.65. The van der Waals surface area contributed by atoms with Gasteiger partial charge in [-0.15, -0.1) is 11.6 Å². The molecule has 0 atom stereocenters. The number of carbonyl (C=O) groups is 1. The zero-order valence-electron chi connectivity index (χ0n) is 11.7. The SMILES string of the molecule is CN(CCCCCCl)C(=O)c1nccc2ccccc12. The van der Waals surface area contributed by atoms with E-state index in [2.05, 4.69) is 4.98 Å². The van der Waals surface area contributed by atoms with E-state index in [4.69, 9.17) is 11.6 Å². The molecule has 0 spiro atoms. The Morgan fingerprint density at radius 3 is 2.80 bits per heavy atom. The monoisotopic (exact) mass is 290 g/mol. The first kappa shape index (κ1) is 14.8. The molecule has 0 saturated heterocycles. The van der Waals surface area contributed by atoms with Gasteiger partial charge in [-0.3, -0.25) is 9.78 Å². The van der Waals surface area contributed by atoms with Crippen LogP contribution in [0.1, 0.15) is 29.8 Å². The predicted molar refractivity (Wildman–Crippen MR) is 83.3 cm³/mol. The second kappa shape index (κ2) is 7.25. The standard InChI is InChI=1S/C16H19ClN2O/c1-19(12-6-2-5-10-17)16(20)15-14-8-4-3-7-13(14)9-11-18-15/h3-4,7-9,11H,2,5-6,10,12H2,1H3. The van der Waals surface area contributed by atoms with Crippen molar-refractivity contribution in [2.24, 2.45) is 0 Å². The number of benzene rings is 1. The van der Waals surface area contributed by atoms with Crippen molar-refractivity contribution in [3.8, 4) is 0 Å². The van der Waals surface area contributed by atoms with Crippen molar-refractivity contribution in [3.05, 3.63) is 42.2 Å². The number of carbonyl (C=O) groups excluding carboxylic acids is 1. The van der Waals surface area contributed by atoms with Crippen molar-refractivity contribution in [2.75, 3.05) is 19.5 Å². The number of hydrogen-bond acceptors (Lipinski definition) is 2. The summed E-state index contributed by atoms with van der Waals surface area (Å²) in [6.45, 7) is 0.737. The molecule has 1 amide bonds. The molecule has 2 aromatic rings. The summed E-state index contributed by atoms with van der Waals surface area (Å²) in [6.07, 6.45) is 4.71. The second-order valence-electron chi connectivity index (χ2n) is 4.86. The fraction of sp³-hybridized carbons (Fsp3) is 0.375. The molecule has 0 unspecified atom stereocenters. The van der Waals surface area contributed by atoms with E-state index in [1.807, 2.05) is 37.4 Å². The van der Waals surface area contributed by atoms with E-state index in [1.54, 1.807) is 11.1 Å². The van der Waals surface area contributed by atoms with Crippen molar-refractivity contribution >= 4 is 28.3 Å². The highest BCUT2D eigenvalue weighted by atomic mass is 35.5. The Hall–Kier alpha value is -1.61. The highest BCUT2D eigenvalue weighted by Crippen LogP contribution is 2.17. The first-order valence-corrected chi connectivity index (χ1v) is 7.42. The number of fused-ring (bicyclic) bond motifs is 1. The number of hydrogen-bond donors (Lipinski definition) is 0. The van der Waals surface area contributed by atoms with Crippen LogP contribution in [0.5, 0.6) is 0 Å². The van der Waals surface area contributed by atoms with Crippen LogP contribution < -0.4 is 0 Å². The molecule has 1 aromatic carbocycles. The number of nitrogens with zero attached hydrogens (tertiary/aromatic N) is 2. The van der Waals surface area contributed by atoms with Crippen LogP contribution in [0, 0.1) is 0 Å². The van der Waals surface area contributed by atoms with Gasteiger partial charge in [0.1, 0.15) is 5.69 Å². The van der Waals surface area contributed by atoms with Crippen LogP contribution in [-0.2, 0) is 0 Å². The first-order valence-electron chi connectivity index (χ1n) is 6.89. The Morgan fingerprint density at radius 1 is 1.20 bits per heavy atom. The topological polar surface area (TPSA) is 33.2 Å². The number of amides is 1. The van der Waals surface area contributed by atoms with E-state index in [1.165, 1.54) is 0 Å². The number of unbranched alkanes of at least 4 members (excludes halogenated alkanes) is 2. The fourth-order valence-electron chi connectivity index (χ4n) is 2.19.